The molecule has 0 saturated heterocycles. The number of H-pyrrole nitrogens is 1. The number of hydrogen-bond acceptors (Lipinski definition) is 4. The van der Waals surface area contributed by atoms with Gasteiger partial charge in [0.2, 0.25) is 5.88 Å². The molecule has 0 aliphatic rings. The minimum atomic E-state index is -0.547. The summed E-state index contributed by atoms with van der Waals surface area (Å²) in [6.45, 7) is 2.36. The van der Waals surface area contributed by atoms with Crippen molar-refractivity contribution in [3.63, 3.8) is 0 Å². The number of fused-ring (bicyclic) bond motifs is 1. The average molecular weight is 273 g/mol. The summed E-state index contributed by atoms with van der Waals surface area (Å²) in [6, 6.07) is 7.56. The molecule has 5 nitrogen and oxygen atoms in total. The van der Waals surface area contributed by atoms with E-state index in [0.29, 0.717) is 23.7 Å². The van der Waals surface area contributed by atoms with E-state index >= 15 is 0 Å². The van der Waals surface area contributed by atoms with Crippen LogP contribution in [0.15, 0.2) is 30.3 Å². The highest BCUT2D eigenvalue weighted by Gasteiger charge is 2.15. The number of nitrogens with one attached hydrogen (secondary N) is 1. The van der Waals surface area contributed by atoms with E-state index in [1.54, 1.807) is 12.1 Å². The first-order valence-electron chi connectivity index (χ1n) is 6.16. The van der Waals surface area contributed by atoms with E-state index in [2.05, 4.69) is 15.0 Å². The minimum Gasteiger partial charge on any atom is -0.507 e. The van der Waals surface area contributed by atoms with Crippen molar-refractivity contribution in [2.24, 2.45) is 0 Å². The van der Waals surface area contributed by atoms with Crippen molar-refractivity contribution in [1.82, 2.24) is 15.0 Å². The van der Waals surface area contributed by atoms with E-state index in [-0.39, 0.29) is 17.1 Å². The molecule has 3 rings (SSSR count). The normalized spacial score (nSPS) is 10.9. The Hall–Kier alpha value is -2.63. The van der Waals surface area contributed by atoms with Crippen molar-refractivity contribution < 1.29 is 14.2 Å². The van der Waals surface area contributed by atoms with Crippen LogP contribution < -0.4 is 4.74 Å². The van der Waals surface area contributed by atoms with Crippen molar-refractivity contribution in [2.75, 3.05) is 6.61 Å². The molecule has 0 unspecified atom stereocenters. The average Bonchev–Trinajstić information content (AvgIpc) is 2.81. The van der Waals surface area contributed by atoms with Crippen molar-refractivity contribution in [2.45, 2.75) is 6.92 Å². The summed E-state index contributed by atoms with van der Waals surface area (Å²) >= 11 is 0. The lowest BCUT2D eigenvalue weighted by molar-refractivity contribution is 0.328. The number of aromatic hydroxyl groups is 1. The van der Waals surface area contributed by atoms with Gasteiger partial charge in [0.1, 0.15) is 17.4 Å². The summed E-state index contributed by atoms with van der Waals surface area (Å²) in [4.78, 5) is 11.3. The van der Waals surface area contributed by atoms with Crippen LogP contribution in [-0.2, 0) is 0 Å². The third-order valence-electron chi connectivity index (χ3n) is 2.84. The van der Waals surface area contributed by atoms with E-state index in [4.69, 9.17) is 4.74 Å². The number of phenolic OH excluding ortho intramolecular Hbond substituents is 1. The third kappa shape index (κ3) is 2.05. The fourth-order valence-electron chi connectivity index (χ4n) is 1.97. The second-order valence-corrected chi connectivity index (χ2v) is 4.17. The SMILES string of the molecule is CCOc1ccc2[nH]c(-c3c(O)cccc3F)nc2n1. The number of imidazole rings is 1. The molecule has 0 amide bonds. The lowest BCUT2D eigenvalue weighted by atomic mass is 10.2. The second kappa shape index (κ2) is 4.80. The number of phenols is 1. The van der Waals surface area contributed by atoms with Gasteiger partial charge in [-0.3, -0.25) is 0 Å². The van der Waals surface area contributed by atoms with Crippen molar-refractivity contribution in [3.8, 4) is 23.0 Å². The molecule has 102 valence electrons. The number of nitrogens with zero attached hydrogens (tertiary/aromatic N) is 2. The topological polar surface area (TPSA) is 71.0 Å². The van der Waals surface area contributed by atoms with Crippen molar-refractivity contribution in [1.29, 1.82) is 0 Å². The zero-order chi connectivity index (χ0) is 14.1. The van der Waals surface area contributed by atoms with Crippen LogP contribution in [0.3, 0.4) is 0 Å². The number of pyridine rings is 1. The van der Waals surface area contributed by atoms with Gasteiger partial charge in [0.25, 0.3) is 0 Å². The number of aromatic nitrogens is 3. The van der Waals surface area contributed by atoms with Gasteiger partial charge >= 0.3 is 0 Å². The summed E-state index contributed by atoms with van der Waals surface area (Å²) in [7, 11) is 0. The van der Waals surface area contributed by atoms with E-state index in [0.717, 1.165) is 0 Å². The Bertz CT molecular complexity index is 750. The molecule has 0 bridgehead atoms. The highest BCUT2D eigenvalue weighted by molar-refractivity contribution is 5.78. The molecule has 3 aromatic rings. The first-order valence-corrected chi connectivity index (χ1v) is 6.16. The van der Waals surface area contributed by atoms with Gasteiger partial charge in [-0.2, -0.15) is 4.98 Å². The van der Waals surface area contributed by atoms with Crippen LogP contribution in [0.2, 0.25) is 0 Å². The maximum Gasteiger partial charge on any atom is 0.215 e. The van der Waals surface area contributed by atoms with Crippen LogP contribution in [0, 0.1) is 5.82 Å². The quantitative estimate of drug-likeness (QED) is 0.769. The van der Waals surface area contributed by atoms with Crippen LogP contribution >= 0.6 is 0 Å². The molecule has 0 atom stereocenters. The predicted octanol–water partition coefficient (Wildman–Crippen LogP) is 2.87. The molecule has 2 aromatic heterocycles. The van der Waals surface area contributed by atoms with Crippen LogP contribution in [0.25, 0.3) is 22.6 Å². The Balaban J connectivity index is 2.13. The van der Waals surface area contributed by atoms with Gasteiger partial charge in [-0.15, -0.1) is 0 Å². The maximum atomic E-state index is 13.8. The number of halogens is 1. The Morgan fingerprint density at radius 1 is 1.25 bits per heavy atom. The van der Waals surface area contributed by atoms with E-state index in [1.165, 1.54) is 18.2 Å². The summed E-state index contributed by atoms with van der Waals surface area (Å²) < 4.78 is 19.1. The van der Waals surface area contributed by atoms with Gasteiger partial charge in [-0.25, -0.2) is 9.37 Å². The highest BCUT2D eigenvalue weighted by atomic mass is 19.1. The molecular weight excluding hydrogens is 261 g/mol. The van der Waals surface area contributed by atoms with E-state index in [9.17, 15) is 9.50 Å². The fourth-order valence-corrected chi connectivity index (χ4v) is 1.97. The largest absolute Gasteiger partial charge is 0.507 e. The monoisotopic (exact) mass is 273 g/mol. The lowest BCUT2D eigenvalue weighted by Gasteiger charge is -2.01. The van der Waals surface area contributed by atoms with Crippen LogP contribution in [0.4, 0.5) is 4.39 Å². The Morgan fingerprint density at radius 2 is 2.10 bits per heavy atom. The molecule has 20 heavy (non-hydrogen) atoms. The molecule has 0 aliphatic heterocycles. The molecule has 1 aromatic carbocycles. The summed E-state index contributed by atoms with van der Waals surface area (Å²) in [6.07, 6.45) is 0. The van der Waals surface area contributed by atoms with Gasteiger partial charge in [0, 0.05) is 6.07 Å². The van der Waals surface area contributed by atoms with Gasteiger partial charge in [0.05, 0.1) is 17.7 Å². The number of rotatable bonds is 3. The molecular formula is C14H12FN3O2. The van der Waals surface area contributed by atoms with Crippen LogP contribution in [0.5, 0.6) is 11.6 Å². The molecule has 0 saturated carbocycles. The molecule has 2 heterocycles. The Morgan fingerprint density at radius 3 is 2.85 bits per heavy atom. The fraction of sp³-hybridized carbons (Fsp3) is 0.143. The first kappa shape index (κ1) is 12.4. The number of aromatic amines is 1. The van der Waals surface area contributed by atoms with Gasteiger partial charge in [0.15, 0.2) is 5.65 Å². The molecule has 0 radical (unpaired) electrons. The van der Waals surface area contributed by atoms with Gasteiger partial charge in [-0.1, -0.05) is 6.07 Å². The zero-order valence-electron chi connectivity index (χ0n) is 10.7. The smallest absolute Gasteiger partial charge is 0.215 e. The van der Waals surface area contributed by atoms with Gasteiger partial charge in [-0.05, 0) is 25.1 Å². The third-order valence-corrected chi connectivity index (χ3v) is 2.84. The minimum absolute atomic E-state index is 0.0310. The molecule has 2 N–H and O–H groups in total. The molecule has 6 heteroatoms. The molecule has 0 fully saturated rings. The number of benzene rings is 1. The standard InChI is InChI=1S/C14H12FN3O2/c1-2-20-11-7-6-9-13(17-11)18-14(16-9)12-8(15)4-3-5-10(12)19/h3-7,19H,2H2,1H3,(H,16,17,18). The van der Waals surface area contributed by atoms with Gasteiger partial charge < -0.3 is 14.8 Å². The molecule has 0 spiro atoms. The summed E-state index contributed by atoms with van der Waals surface area (Å²) in [5, 5.41) is 9.76. The van der Waals surface area contributed by atoms with E-state index in [1.807, 2.05) is 6.92 Å². The Kier molecular flexibility index (Phi) is 2.98. The predicted molar refractivity (Wildman–Crippen MR) is 72.1 cm³/mol. The molecule has 0 aliphatic carbocycles. The second-order valence-electron chi connectivity index (χ2n) is 4.17. The highest BCUT2D eigenvalue weighted by Crippen LogP contribution is 2.30. The zero-order valence-corrected chi connectivity index (χ0v) is 10.7. The number of ether oxygens (including phenoxy) is 1. The van der Waals surface area contributed by atoms with Crippen molar-refractivity contribution >= 4 is 11.2 Å². The summed E-state index contributed by atoms with van der Waals surface area (Å²) in [5.41, 5.74) is 1.09. The van der Waals surface area contributed by atoms with Crippen LogP contribution in [0.1, 0.15) is 6.92 Å². The maximum absolute atomic E-state index is 13.8. The summed E-state index contributed by atoms with van der Waals surface area (Å²) in [5.74, 6) is -0.0317. The number of hydrogen-bond donors (Lipinski definition) is 2. The van der Waals surface area contributed by atoms with Crippen molar-refractivity contribution in [3.05, 3.63) is 36.1 Å². The van der Waals surface area contributed by atoms with E-state index < -0.39 is 5.82 Å². The Labute approximate surface area is 114 Å². The first-order chi connectivity index (χ1) is 9.69. The lowest BCUT2D eigenvalue weighted by Crippen LogP contribution is -1.93. The van der Waals surface area contributed by atoms with Crippen LogP contribution in [-0.4, -0.2) is 26.7 Å².